The van der Waals surface area contributed by atoms with Crippen LogP contribution in [0.15, 0.2) is 179 Å². The van der Waals surface area contributed by atoms with Crippen molar-refractivity contribution in [3.8, 4) is 0 Å². The Balaban J connectivity index is 1.17. The predicted molar refractivity (Wildman–Crippen MR) is 299 cm³/mol. The Morgan fingerprint density at radius 1 is 0.357 bits per heavy atom. The van der Waals surface area contributed by atoms with Crippen molar-refractivity contribution in [2.75, 3.05) is 9.80 Å². The number of fused-ring (bicyclic) bond motifs is 6. The zero-order chi connectivity index (χ0) is 47.6. The topological polar surface area (TPSA) is 32.8 Å². The molecule has 0 bridgehead atoms. The van der Waals surface area contributed by atoms with Gasteiger partial charge in [-0.2, -0.15) is 0 Å². The highest BCUT2D eigenvalue weighted by Crippen LogP contribution is 2.53. The summed E-state index contributed by atoms with van der Waals surface area (Å²) in [6, 6.07) is 62.9. The SMILES string of the molecule is CCCCc1cccc2c1oc1c(N(c3ccccc3)c3cc(C(C)C)c4ccc5c(N(c6ccccc6)c6cccc7c6oc6c(CCCC)cccc67)cc(C(C)C)c6ccc3c4c65)cccc12. The third kappa shape index (κ3) is 7.02. The van der Waals surface area contributed by atoms with Crippen LogP contribution in [0.1, 0.15) is 101 Å². The molecule has 0 saturated heterocycles. The lowest BCUT2D eigenvalue weighted by molar-refractivity contribution is 0.658. The van der Waals surface area contributed by atoms with Crippen molar-refractivity contribution < 1.29 is 8.83 Å². The minimum absolute atomic E-state index is 0.252. The number of furan rings is 2. The molecule has 0 fully saturated rings. The molecule has 12 rings (SSSR count). The van der Waals surface area contributed by atoms with Crippen LogP contribution in [0, 0.1) is 0 Å². The fourth-order valence-electron chi connectivity index (χ4n) is 11.5. The van der Waals surface area contributed by atoms with E-state index in [1.54, 1.807) is 0 Å². The Labute approximate surface area is 411 Å². The predicted octanol–water partition coefficient (Wildman–Crippen LogP) is 20.3. The first-order valence-electron chi connectivity index (χ1n) is 25.7. The fourth-order valence-corrected chi connectivity index (χ4v) is 11.5. The molecule has 0 atom stereocenters. The van der Waals surface area contributed by atoms with Gasteiger partial charge in [-0.15, -0.1) is 0 Å². The molecular weight excluding hydrogens is 853 g/mol. The molecule has 2 aromatic heterocycles. The van der Waals surface area contributed by atoms with Gasteiger partial charge >= 0.3 is 0 Å². The van der Waals surface area contributed by atoms with Gasteiger partial charge in [-0.3, -0.25) is 0 Å². The number of nitrogens with zero attached hydrogens (tertiary/aromatic N) is 2. The van der Waals surface area contributed by atoms with Gasteiger partial charge in [-0.1, -0.05) is 176 Å². The molecule has 10 aromatic carbocycles. The Morgan fingerprint density at radius 3 is 1.11 bits per heavy atom. The zero-order valence-electron chi connectivity index (χ0n) is 41.3. The van der Waals surface area contributed by atoms with Crippen LogP contribution >= 0.6 is 0 Å². The number of anilines is 6. The zero-order valence-corrected chi connectivity index (χ0v) is 41.3. The average molecular weight is 913 g/mol. The molecule has 0 aliphatic carbocycles. The first kappa shape index (κ1) is 43.7. The van der Waals surface area contributed by atoms with Gasteiger partial charge in [0, 0.05) is 43.7 Å². The standard InChI is InChI=1S/C66H60N2O2/c1-7-9-21-43-23-17-29-49-51-31-19-33-57(65(51)69-63(43)49)67(45-25-13-11-14-26-45)59-39-55(41(3)4)47-36-38-54-60(40-56(42(5)6)48-35-37-53(59)61(47)62(48)54)68(46-27-15-12-16-28-46)58-34-20-32-52-50-30-18-24-44(22-10-8-2)64(50)70-66(52)58/h11-20,23-42H,7-10,21-22H2,1-6H3. The van der Waals surface area contributed by atoms with Crippen LogP contribution in [0.2, 0.25) is 0 Å². The van der Waals surface area contributed by atoms with Crippen LogP contribution in [-0.4, -0.2) is 0 Å². The quantitative estimate of drug-likeness (QED) is 0.102. The van der Waals surface area contributed by atoms with Crippen LogP contribution in [0.3, 0.4) is 0 Å². The summed E-state index contributed by atoms with van der Waals surface area (Å²) in [5.74, 6) is 0.503. The number of unbranched alkanes of at least 4 members (excludes halogenated alkanes) is 2. The fraction of sp³-hybridized carbons (Fsp3) is 0.212. The molecule has 346 valence electrons. The lowest BCUT2D eigenvalue weighted by Crippen LogP contribution is -2.13. The molecule has 0 amide bonds. The van der Waals surface area contributed by atoms with Crippen LogP contribution in [-0.2, 0) is 12.8 Å². The molecule has 2 heterocycles. The van der Waals surface area contributed by atoms with Crippen molar-refractivity contribution in [1.29, 1.82) is 0 Å². The second kappa shape index (κ2) is 17.8. The Bertz CT molecular complexity index is 3620. The van der Waals surface area contributed by atoms with Crippen LogP contribution < -0.4 is 9.80 Å². The normalized spacial score (nSPS) is 12.2. The molecule has 4 heteroatoms. The summed E-state index contributed by atoms with van der Waals surface area (Å²) < 4.78 is 14.3. The van der Waals surface area contributed by atoms with E-state index in [4.69, 9.17) is 8.83 Å². The van der Waals surface area contributed by atoms with Crippen molar-refractivity contribution in [1.82, 2.24) is 0 Å². The lowest BCUT2D eigenvalue weighted by Gasteiger charge is -2.31. The van der Waals surface area contributed by atoms with Crippen molar-refractivity contribution in [2.24, 2.45) is 0 Å². The van der Waals surface area contributed by atoms with Crippen molar-refractivity contribution >= 4 is 110 Å². The summed E-state index contributed by atoms with van der Waals surface area (Å²) >= 11 is 0. The van der Waals surface area contributed by atoms with Crippen molar-refractivity contribution in [2.45, 2.75) is 91.9 Å². The van der Waals surface area contributed by atoms with Gasteiger partial charge in [0.15, 0.2) is 11.2 Å². The third-order valence-electron chi connectivity index (χ3n) is 14.9. The highest BCUT2D eigenvalue weighted by atomic mass is 16.3. The maximum Gasteiger partial charge on any atom is 0.159 e. The van der Waals surface area contributed by atoms with Crippen LogP contribution in [0.5, 0.6) is 0 Å². The molecule has 0 aliphatic rings. The van der Waals surface area contributed by atoms with E-state index in [9.17, 15) is 0 Å². The lowest BCUT2D eigenvalue weighted by atomic mass is 9.84. The number of benzene rings is 10. The Kier molecular flexibility index (Phi) is 11.1. The van der Waals surface area contributed by atoms with E-state index in [0.29, 0.717) is 0 Å². The summed E-state index contributed by atoms with van der Waals surface area (Å²) in [4.78, 5) is 4.93. The molecule has 0 saturated carbocycles. The molecule has 12 aromatic rings. The second-order valence-electron chi connectivity index (χ2n) is 20.0. The van der Waals surface area contributed by atoms with Crippen LogP contribution in [0.4, 0.5) is 34.1 Å². The van der Waals surface area contributed by atoms with Gasteiger partial charge in [0.05, 0.1) is 22.7 Å². The molecule has 4 nitrogen and oxygen atoms in total. The van der Waals surface area contributed by atoms with E-state index >= 15 is 0 Å². The number of rotatable bonds is 14. The van der Waals surface area contributed by atoms with E-state index in [1.807, 2.05) is 0 Å². The van der Waals surface area contributed by atoms with Gasteiger partial charge in [0.25, 0.3) is 0 Å². The monoisotopic (exact) mass is 912 g/mol. The highest BCUT2D eigenvalue weighted by Gasteiger charge is 2.29. The molecular formula is C66H60N2O2. The van der Waals surface area contributed by atoms with Crippen molar-refractivity contribution in [3.05, 3.63) is 192 Å². The number of aryl methyl sites for hydroxylation is 2. The van der Waals surface area contributed by atoms with Crippen molar-refractivity contribution in [3.63, 3.8) is 0 Å². The molecule has 70 heavy (non-hydrogen) atoms. The maximum atomic E-state index is 7.13. The van der Waals surface area contributed by atoms with E-state index < -0.39 is 0 Å². The van der Waals surface area contributed by atoms with Gasteiger partial charge in [-0.05, 0) is 130 Å². The second-order valence-corrected chi connectivity index (χ2v) is 20.0. The smallest absolute Gasteiger partial charge is 0.159 e. The van der Waals surface area contributed by atoms with E-state index in [0.717, 1.165) is 106 Å². The minimum atomic E-state index is 0.252. The first-order valence-corrected chi connectivity index (χ1v) is 25.7. The van der Waals surface area contributed by atoms with Gasteiger partial charge in [0.2, 0.25) is 0 Å². The number of hydrogen-bond donors (Lipinski definition) is 0. The van der Waals surface area contributed by atoms with E-state index in [-0.39, 0.29) is 11.8 Å². The summed E-state index contributed by atoms with van der Waals surface area (Å²) in [5.41, 5.74) is 15.5. The Hall–Kier alpha value is -7.56. The largest absolute Gasteiger partial charge is 0.454 e. The van der Waals surface area contributed by atoms with Crippen LogP contribution in [0.25, 0.3) is 76.2 Å². The molecule has 0 spiro atoms. The van der Waals surface area contributed by atoms with Gasteiger partial charge in [-0.25, -0.2) is 0 Å². The Morgan fingerprint density at radius 2 is 0.729 bits per heavy atom. The average Bonchev–Trinajstić information content (AvgIpc) is 3.98. The summed E-state index contributed by atoms with van der Waals surface area (Å²) in [5, 5.41) is 12.2. The third-order valence-corrected chi connectivity index (χ3v) is 14.9. The van der Waals surface area contributed by atoms with Gasteiger partial charge in [0.1, 0.15) is 11.2 Å². The maximum absolute atomic E-state index is 7.13. The molecule has 0 radical (unpaired) electrons. The first-order chi connectivity index (χ1) is 34.3. The minimum Gasteiger partial charge on any atom is -0.454 e. The summed E-state index contributed by atoms with van der Waals surface area (Å²) in [7, 11) is 0. The highest BCUT2D eigenvalue weighted by molar-refractivity contribution is 6.30. The molecule has 0 unspecified atom stereocenters. The molecule has 0 N–H and O–H groups in total. The van der Waals surface area contributed by atoms with Gasteiger partial charge < -0.3 is 18.6 Å². The number of hydrogen-bond acceptors (Lipinski definition) is 4. The molecule has 0 aliphatic heterocycles. The summed E-state index contributed by atoms with van der Waals surface area (Å²) in [6.07, 6.45) is 6.51. The van der Waals surface area contributed by atoms with E-state index in [2.05, 4.69) is 221 Å². The number of para-hydroxylation sites is 6. The van der Waals surface area contributed by atoms with E-state index in [1.165, 1.54) is 65.3 Å². The summed E-state index contributed by atoms with van der Waals surface area (Å²) in [6.45, 7) is 13.9.